The van der Waals surface area contributed by atoms with Crippen molar-refractivity contribution in [1.29, 1.82) is 0 Å². The van der Waals surface area contributed by atoms with Crippen molar-refractivity contribution >= 4 is 58.4 Å². The first-order chi connectivity index (χ1) is 16.5. The fourth-order valence-corrected chi connectivity index (χ4v) is 5.56. The third kappa shape index (κ3) is 5.97. The molecular formula is C27H35Cl2N5OS. The molecule has 3 aromatic rings. The van der Waals surface area contributed by atoms with E-state index in [1.165, 1.54) is 5.56 Å². The third-order valence-electron chi connectivity index (χ3n) is 6.73. The number of para-hydroxylation sites is 2. The summed E-state index contributed by atoms with van der Waals surface area (Å²) in [7, 11) is 3.95. The molecule has 2 aliphatic rings. The van der Waals surface area contributed by atoms with Gasteiger partial charge in [0, 0.05) is 31.6 Å². The summed E-state index contributed by atoms with van der Waals surface area (Å²) in [6.45, 7) is 7.31. The molecule has 1 aromatic heterocycles. The van der Waals surface area contributed by atoms with Crippen molar-refractivity contribution in [1.82, 2.24) is 14.8 Å². The van der Waals surface area contributed by atoms with Gasteiger partial charge in [-0.15, -0.1) is 36.2 Å². The summed E-state index contributed by atoms with van der Waals surface area (Å²) in [4.78, 5) is 15.2. The Morgan fingerprint density at radius 2 is 1.83 bits per heavy atom. The van der Waals surface area contributed by atoms with Crippen LogP contribution in [0.15, 0.2) is 53.5 Å². The van der Waals surface area contributed by atoms with Gasteiger partial charge in [-0.25, -0.2) is 9.98 Å². The van der Waals surface area contributed by atoms with Gasteiger partial charge in [0.25, 0.3) is 0 Å². The Morgan fingerprint density at radius 1 is 1.08 bits per heavy atom. The van der Waals surface area contributed by atoms with E-state index in [1.54, 1.807) is 18.4 Å². The van der Waals surface area contributed by atoms with Crippen molar-refractivity contribution in [3.63, 3.8) is 0 Å². The molecule has 1 saturated heterocycles. The number of aryl methyl sites for hydroxylation is 1. The number of aliphatic imine (C=N–C) groups is 1. The molecule has 9 heteroatoms. The van der Waals surface area contributed by atoms with Crippen LogP contribution in [0, 0.1) is 0 Å². The van der Waals surface area contributed by atoms with Crippen LogP contribution in [0.5, 0.6) is 5.75 Å². The summed E-state index contributed by atoms with van der Waals surface area (Å²) >= 11 is 1.75. The van der Waals surface area contributed by atoms with Gasteiger partial charge >= 0.3 is 0 Å². The number of anilines is 2. The van der Waals surface area contributed by atoms with Crippen LogP contribution in [-0.4, -0.2) is 60.5 Å². The number of aromatic nitrogens is 1. The molecule has 2 aliphatic heterocycles. The Kier molecular flexibility index (Phi) is 9.64. The quantitative estimate of drug-likeness (QED) is 0.394. The van der Waals surface area contributed by atoms with Crippen LogP contribution in [0.4, 0.5) is 16.4 Å². The molecule has 0 amide bonds. The Labute approximate surface area is 230 Å². The van der Waals surface area contributed by atoms with Crippen molar-refractivity contribution in [2.24, 2.45) is 4.99 Å². The monoisotopic (exact) mass is 547 g/mol. The number of likely N-dealkylation sites (N-methyl/N-ethyl adjacent to an activating group) is 1. The van der Waals surface area contributed by atoms with E-state index in [0.717, 1.165) is 71.1 Å². The summed E-state index contributed by atoms with van der Waals surface area (Å²) in [6.07, 6.45) is 2.14. The van der Waals surface area contributed by atoms with Crippen LogP contribution in [0.25, 0.3) is 0 Å². The average Bonchev–Trinajstić information content (AvgIpc) is 3.20. The smallest absolute Gasteiger partial charge is 0.158 e. The number of rotatable bonds is 5. The fraction of sp³-hybridized carbons (Fsp3) is 0.407. The molecule has 0 saturated carbocycles. The molecule has 2 aromatic carbocycles. The topological polar surface area (TPSA) is 53.0 Å². The minimum absolute atomic E-state index is 0. The first-order valence-corrected chi connectivity index (χ1v) is 12.9. The summed E-state index contributed by atoms with van der Waals surface area (Å²) in [6, 6.07) is 17.2. The van der Waals surface area contributed by atoms with Crippen molar-refractivity contribution in [2.45, 2.75) is 38.6 Å². The minimum Gasteiger partial charge on any atom is -0.497 e. The second-order valence-electron chi connectivity index (χ2n) is 9.43. The van der Waals surface area contributed by atoms with Crippen molar-refractivity contribution < 1.29 is 4.74 Å². The summed E-state index contributed by atoms with van der Waals surface area (Å²) in [5.41, 5.74) is 4.35. The van der Waals surface area contributed by atoms with Crippen LogP contribution < -0.4 is 10.1 Å². The molecular weight excluding hydrogens is 513 g/mol. The third-order valence-corrected chi connectivity index (χ3v) is 8.00. The molecule has 36 heavy (non-hydrogen) atoms. The van der Waals surface area contributed by atoms with Crippen LogP contribution in [-0.2, 0) is 6.42 Å². The van der Waals surface area contributed by atoms with E-state index in [4.69, 9.17) is 14.7 Å². The highest BCUT2D eigenvalue weighted by atomic mass is 35.5. The molecule has 1 fully saturated rings. The lowest BCUT2D eigenvalue weighted by Crippen LogP contribution is -2.53. The second-order valence-corrected chi connectivity index (χ2v) is 10.5. The van der Waals surface area contributed by atoms with Gasteiger partial charge in [-0.3, -0.25) is 4.90 Å². The Bertz CT molecular complexity index is 1180. The highest BCUT2D eigenvalue weighted by Crippen LogP contribution is 2.39. The number of fused-ring (bicyclic) bond motifs is 2. The number of thiazole rings is 1. The van der Waals surface area contributed by atoms with Crippen LogP contribution in [0.1, 0.15) is 42.5 Å². The summed E-state index contributed by atoms with van der Waals surface area (Å²) in [5.74, 6) is 2.29. The number of methoxy groups -OCH3 is 1. The zero-order chi connectivity index (χ0) is 23.7. The molecule has 0 unspecified atom stereocenters. The van der Waals surface area contributed by atoms with E-state index in [1.807, 2.05) is 12.1 Å². The van der Waals surface area contributed by atoms with E-state index in [0.29, 0.717) is 12.0 Å². The molecule has 0 aliphatic carbocycles. The van der Waals surface area contributed by atoms with Crippen LogP contribution in [0.3, 0.4) is 0 Å². The average molecular weight is 549 g/mol. The lowest BCUT2D eigenvalue weighted by atomic mass is 10.0. The van der Waals surface area contributed by atoms with Gasteiger partial charge in [-0.05, 0) is 49.7 Å². The summed E-state index contributed by atoms with van der Waals surface area (Å²) in [5, 5.41) is 5.86. The molecule has 1 atom stereocenters. The maximum absolute atomic E-state index is 5.30. The van der Waals surface area contributed by atoms with E-state index in [2.05, 4.69) is 72.4 Å². The number of amidine groups is 1. The largest absolute Gasteiger partial charge is 0.497 e. The molecule has 3 heterocycles. The van der Waals surface area contributed by atoms with Gasteiger partial charge < -0.3 is 15.0 Å². The molecule has 0 radical (unpaired) electrons. The minimum atomic E-state index is 0. The highest BCUT2D eigenvalue weighted by molar-refractivity contribution is 7.16. The molecule has 0 spiro atoms. The fourth-order valence-electron chi connectivity index (χ4n) is 4.58. The van der Waals surface area contributed by atoms with Crippen molar-refractivity contribution in [3.8, 4) is 5.75 Å². The molecule has 1 N–H and O–H groups in total. The number of hydrogen-bond donors (Lipinski definition) is 1. The maximum atomic E-state index is 5.30. The molecule has 6 nitrogen and oxygen atoms in total. The number of halogens is 2. The van der Waals surface area contributed by atoms with Gasteiger partial charge in [0.1, 0.15) is 16.4 Å². The van der Waals surface area contributed by atoms with Gasteiger partial charge in [0.05, 0.1) is 23.5 Å². The number of benzene rings is 2. The highest BCUT2D eigenvalue weighted by Gasteiger charge is 2.31. The Hall–Kier alpha value is -2.32. The van der Waals surface area contributed by atoms with E-state index >= 15 is 0 Å². The summed E-state index contributed by atoms with van der Waals surface area (Å²) < 4.78 is 5.30. The number of ether oxygens (including phenoxy) is 1. The predicted octanol–water partition coefficient (Wildman–Crippen LogP) is 6.50. The van der Waals surface area contributed by atoms with Crippen molar-refractivity contribution in [3.05, 3.63) is 64.8 Å². The predicted molar refractivity (Wildman–Crippen MR) is 156 cm³/mol. The SMILES string of the molecule is COc1ccc(CC[C@H]2CN(C3=Nc4ccccc4Nc4sc(C(C)C)nc43)CCN2C)cc1.Cl.Cl. The number of nitrogens with zero attached hydrogens (tertiary/aromatic N) is 4. The number of hydrogen-bond acceptors (Lipinski definition) is 7. The maximum Gasteiger partial charge on any atom is 0.158 e. The zero-order valence-corrected chi connectivity index (χ0v) is 23.7. The Balaban J connectivity index is 0.00000180. The van der Waals surface area contributed by atoms with Crippen molar-refractivity contribution in [2.75, 3.05) is 39.1 Å². The Morgan fingerprint density at radius 3 is 2.56 bits per heavy atom. The first kappa shape index (κ1) is 28.3. The lowest BCUT2D eigenvalue weighted by molar-refractivity contribution is 0.134. The number of nitrogens with one attached hydrogen (secondary N) is 1. The van der Waals surface area contributed by atoms with E-state index in [-0.39, 0.29) is 24.8 Å². The zero-order valence-electron chi connectivity index (χ0n) is 21.2. The molecule has 194 valence electrons. The second kappa shape index (κ2) is 12.3. The molecule has 5 rings (SSSR count). The lowest BCUT2D eigenvalue weighted by Gasteiger charge is -2.40. The van der Waals surface area contributed by atoms with Gasteiger partial charge in [0.2, 0.25) is 0 Å². The van der Waals surface area contributed by atoms with E-state index in [9.17, 15) is 0 Å². The standard InChI is InChI=1S/C27H33N5OS.2ClH/c1-18(2)26-30-24-25(28-22-7-5-6-8-23(22)29-27(24)34-26)32-16-15-31(3)20(17-32)12-9-19-10-13-21(33-4)14-11-19;;/h5-8,10-11,13-14,18,20,29H,9,12,15-17H2,1-4H3;2*1H/t20-;;/m0../s1. The van der Waals surface area contributed by atoms with Crippen LogP contribution >= 0.6 is 36.2 Å². The number of piperazine rings is 1. The normalized spacial score (nSPS) is 17.1. The molecule has 0 bridgehead atoms. The first-order valence-electron chi connectivity index (χ1n) is 12.1. The van der Waals surface area contributed by atoms with Gasteiger partial charge in [-0.2, -0.15) is 0 Å². The van der Waals surface area contributed by atoms with Crippen LogP contribution in [0.2, 0.25) is 0 Å². The van der Waals surface area contributed by atoms with Gasteiger partial charge in [-0.1, -0.05) is 38.1 Å². The van der Waals surface area contributed by atoms with E-state index < -0.39 is 0 Å². The van der Waals surface area contributed by atoms with Gasteiger partial charge in [0.15, 0.2) is 5.84 Å².